The van der Waals surface area contributed by atoms with Gasteiger partial charge < -0.3 is 20.7 Å². The molecule has 244 valence electrons. The van der Waals surface area contributed by atoms with E-state index in [0.29, 0.717) is 43.5 Å². The number of thiazole rings is 1. The number of nitrogen functional groups attached to an aromatic ring is 1. The molecule has 2 unspecified atom stereocenters. The molecule has 46 heavy (non-hydrogen) atoms. The molecule has 0 spiro atoms. The highest BCUT2D eigenvalue weighted by molar-refractivity contribution is 7.22. The van der Waals surface area contributed by atoms with Crippen LogP contribution in [0.3, 0.4) is 0 Å². The van der Waals surface area contributed by atoms with Crippen LogP contribution in [0.5, 0.6) is 6.01 Å². The molecule has 0 aliphatic carbocycles. The molecule has 4 fully saturated rings. The Morgan fingerprint density at radius 3 is 2.54 bits per heavy atom. The first-order valence-corrected chi connectivity index (χ1v) is 16.3. The van der Waals surface area contributed by atoms with Gasteiger partial charge in [0.25, 0.3) is 0 Å². The average Bonchev–Trinajstić information content (AvgIpc) is 3.73. The van der Waals surface area contributed by atoms with E-state index in [1.54, 1.807) is 0 Å². The fourth-order valence-electron chi connectivity index (χ4n) is 7.85. The van der Waals surface area contributed by atoms with Crippen LogP contribution in [-0.2, 0) is 6.18 Å². The van der Waals surface area contributed by atoms with Crippen LogP contribution >= 0.6 is 22.9 Å². The molecule has 2 bridgehead atoms. The summed E-state index contributed by atoms with van der Waals surface area (Å²) in [7, 11) is 0. The fourth-order valence-corrected chi connectivity index (χ4v) is 8.94. The van der Waals surface area contributed by atoms with Crippen LogP contribution in [0.15, 0.2) is 12.1 Å². The molecule has 0 amide bonds. The minimum atomic E-state index is -5.01. The van der Waals surface area contributed by atoms with Crippen LogP contribution in [0.2, 0.25) is 5.02 Å². The fraction of sp³-hybridized carbons (Fsp3) is 0.500. The molecule has 2 aromatic carbocycles. The van der Waals surface area contributed by atoms with Crippen LogP contribution in [0.1, 0.15) is 37.7 Å². The summed E-state index contributed by atoms with van der Waals surface area (Å²) < 4.78 is 95.3. The maximum absolute atomic E-state index is 15.6. The Bertz CT molecular complexity index is 1880. The highest BCUT2D eigenvalue weighted by atomic mass is 35.5. The van der Waals surface area contributed by atoms with Crippen molar-refractivity contribution in [3.63, 3.8) is 0 Å². The Kier molecular flexibility index (Phi) is 7.02. The minimum absolute atomic E-state index is 0.0108. The Morgan fingerprint density at radius 2 is 1.80 bits per heavy atom. The van der Waals surface area contributed by atoms with Crippen LogP contribution in [-0.4, -0.2) is 76.4 Å². The maximum Gasteiger partial charge on any atom is 0.417 e. The van der Waals surface area contributed by atoms with E-state index in [0.717, 1.165) is 38.3 Å². The summed E-state index contributed by atoms with van der Waals surface area (Å²) in [5.74, 6) is -2.09. The molecule has 0 radical (unpaired) electrons. The van der Waals surface area contributed by atoms with Crippen molar-refractivity contribution in [2.24, 2.45) is 0 Å². The van der Waals surface area contributed by atoms with Gasteiger partial charge in [0.2, 0.25) is 0 Å². The predicted molar refractivity (Wildman–Crippen MR) is 163 cm³/mol. The van der Waals surface area contributed by atoms with E-state index < -0.39 is 51.2 Å². The molecule has 4 aliphatic rings. The lowest BCUT2D eigenvalue weighted by Gasteiger charge is -2.35. The van der Waals surface area contributed by atoms with Gasteiger partial charge in [0.15, 0.2) is 5.13 Å². The minimum Gasteiger partial charge on any atom is -0.461 e. The molecular formula is C30H28ClF6N7OS. The molecule has 4 atom stereocenters. The number of hydrogen-bond donors (Lipinski definition) is 2. The third-order valence-electron chi connectivity index (χ3n) is 9.78. The molecule has 16 heteroatoms. The number of hydrogen-bond acceptors (Lipinski definition) is 9. The monoisotopic (exact) mass is 683 g/mol. The van der Waals surface area contributed by atoms with Gasteiger partial charge in [0, 0.05) is 60.7 Å². The summed E-state index contributed by atoms with van der Waals surface area (Å²) in [4.78, 5) is 17.1. The number of ether oxygens (including phenoxy) is 1. The quantitative estimate of drug-likeness (QED) is 0.236. The van der Waals surface area contributed by atoms with E-state index >= 15 is 4.39 Å². The van der Waals surface area contributed by atoms with Crippen LogP contribution in [0.4, 0.5) is 37.3 Å². The van der Waals surface area contributed by atoms with Gasteiger partial charge >= 0.3 is 12.2 Å². The van der Waals surface area contributed by atoms with Gasteiger partial charge in [-0.15, -0.1) is 0 Å². The number of piperazine rings is 1. The van der Waals surface area contributed by atoms with Crippen molar-refractivity contribution in [2.75, 3.05) is 43.4 Å². The molecule has 3 N–H and O–H groups in total. The van der Waals surface area contributed by atoms with E-state index in [1.165, 1.54) is 0 Å². The SMILES string of the molecule is Nc1nc2c(-c3c(C(F)(F)F)cc4c(N5CC6CCC(C5)N6)nc(OC[C@@]56CCCN5C[C@H](F)C6)nc4c3Cl)c(F)cc(F)c2s1. The molecule has 4 aliphatic heterocycles. The van der Waals surface area contributed by atoms with E-state index in [4.69, 9.17) is 22.1 Å². The second-order valence-electron chi connectivity index (χ2n) is 12.7. The van der Waals surface area contributed by atoms with Crippen molar-refractivity contribution in [2.45, 2.75) is 62.1 Å². The van der Waals surface area contributed by atoms with Crippen molar-refractivity contribution in [1.29, 1.82) is 0 Å². The third kappa shape index (κ3) is 4.84. The van der Waals surface area contributed by atoms with Crippen LogP contribution < -0.4 is 20.7 Å². The molecule has 6 heterocycles. The van der Waals surface area contributed by atoms with Crippen LogP contribution in [0, 0.1) is 11.6 Å². The number of rotatable bonds is 5. The van der Waals surface area contributed by atoms with Gasteiger partial charge in [-0.1, -0.05) is 22.9 Å². The van der Waals surface area contributed by atoms with E-state index in [9.17, 15) is 22.0 Å². The highest BCUT2D eigenvalue weighted by Crippen LogP contribution is 2.49. The first-order valence-electron chi connectivity index (χ1n) is 15.1. The smallest absolute Gasteiger partial charge is 0.417 e. The molecule has 8 rings (SSSR count). The lowest BCUT2D eigenvalue weighted by Crippen LogP contribution is -2.51. The van der Waals surface area contributed by atoms with Gasteiger partial charge in [0.1, 0.15) is 30.2 Å². The number of nitrogens with zero attached hydrogens (tertiary/aromatic N) is 5. The Morgan fingerprint density at radius 1 is 1.04 bits per heavy atom. The Labute approximate surface area is 267 Å². The standard InChI is InChI=1S/C30H28ClF6N7OS/c31-22-20(21-18(33)7-19(34)25-24(21)40-27(38)46-25)17(30(35,36)37)6-16-23(22)41-28(42-26(16)43-10-14-2-3-15(11-43)39-14)45-12-29-4-1-5-44(29)9-13(32)8-29/h6-7,13-15,39H,1-5,8-12H2,(H2,38,40)/t13-,14?,15?,29+/m1/s1. The number of fused-ring (bicyclic) bond motifs is 5. The lowest BCUT2D eigenvalue weighted by atomic mass is 9.95. The third-order valence-corrected chi connectivity index (χ3v) is 11.0. The van der Waals surface area contributed by atoms with Gasteiger partial charge in [0.05, 0.1) is 31.9 Å². The zero-order valence-corrected chi connectivity index (χ0v) is 25.8. The Balaban J connectivity index is 1.34. The maximum atomic E-state index is 15.6. The normalized spacial score (nSPS) is 26.5. The van der Waals surface area contributed by atoms with Crippen molar-refractivity contribution in [1.82, 2.24) is 25.2 Å². The Hall–Kier alpha value is -3.14. The molecule has 2 aromatic heterocycles. The van der Waals surface area contributed by atoms with Gasteiger partial charge in [-0.25, -0.2) is 18.2 Å². The number of aromatic nitrogens is 3. The lowest BCUT2D eigenvalue weighted by molar-refractivity contribution is -0.137. The van der Waals surface area contributed by atoms with Crippen molar-refractivity contribution < 1.29 is 31.1 Å². The second kappa shape index (κ2) is 10.7. The van der Waals surface area contributed by atoms with Crippen molar-refractivity contribution in [3.05, 3.63) is 34.4 Å². The number of nitrogens with two attached hydrogens (primary N) is 1. The first kappa shape index (κ1) is 30.2. The summed E-state index contributed by atoms with van der Waals surface area (Å²) >= 11 is 7.53. The summed E-state index contributed by atoms with van der Waals surface area (Å²) in [5.41, 5.74) is 2.16. The van der Waals surface area contributed by atoms with Gasteiger partial charge in [-0.3, -0.25) is 4.90 Å². The summed E-state index contributed by atoms with van der Waals surface area (Å²) in [5, 5.41) is 2.85. The zero-order valence-electron chi connectivity index (χ0n) is 24.2. The van der Waals surface area contributed by atoms with Crippen molar-refractivity contribution >= 4 is 55.0 Å². The number of halogens is 7. The number of anilines is 2. The zero-order chi connectivity index (χ0) is 32.1. The second-order valence-corrected chi connectivity index (χ2v) is 14.1. The topological polar surface area (TPSA) is 92.4 Å². The molecule has 8 nitrogen and oxygen atoms in total. The van der Waals surface area contributed by atoms with Gasteiger partial charge in [-0.2, -0.15) is 23.1 Å². The largest absolute Gasteiger partial charge is 0.461 e. The summed E-state index contributed by atoms with van der Waals surface area (Å²) in [6.45, 7) is 2.10. The first-order chi connectivity index (χ1) is 21.9. The van der Waals surface area contributed by atoms with Crippen molar-refractivity contribution in [3.8, 4) is 17.1 Å². The molecular weight excluding hydrogens is 656 g/mol. The van der Waals surface area contributed by atoms with Gasteiger partial charge in [-0.05, 0) is 38.3 Å². The molecule has 4 aromatic rings. The van der Waals surface area contributed by atoms with E-state index in [-0.39, 0.29) is 56.8 Å². The molecule has 0 saturated carbocycles. The van der Waals surface area contributed by atoms with E-state index in [1.807, 2.05) is 4.90 Å². The highest BCUT2D eigenvalue weighted by Gasteiger charge is 2.49. The summed E-state index contributed by atoms with van der Waals surface area (Å²) in [6, 6.07) is 1.47. The average molecular weight is 684 g/mol. The number of alkyl halides is 4. The number of benzene rings is 2. The molecule has 4 saturated heterocycles. The summed E-state index contributed by atoms with van der Waals surface area (Å²) in [6.07, 6.45) is -2.27. The van der Waals surface area contributed by atoms with E-state index in [2.05, 4.69) is 25.2 Å². The predicted octanol–water partition coefficient (Wildman–Crippen LogP) is 6.33. The number of nitrogens with one attached hydrogen (secondary N) is 1. The van der Waals surface area contributed by atoms with Crippen LogP contribution in [0.25, 0.3) is 32.2 Å².